The normalized spacial score (nSPS) is 11.6. The average Bonchev–Trinajstić information content (AvgIpc) is 2.44. The lowest BCUT2D eigenvalue weighted by Crippen LogP contribution is -2.22. The van der Waals surface area contributed by atoms with Crippen LogP contribution in [0, 0.1) is 5.41 Å². The third-order valence-corrected chi connectivity index (χ3v) is 4.26. The molecule has 0 saturated heterocycles. The fourth-order valence-electron chi connectivity index (χ4n) is 3.01. The maximum atomic E-state index is 10.4. The first kappa shape index (κ1) is 19.3. The van der Waals surface area contributed by atoms with Crippen molar-refractivity contribution in [2.24, 2.45) is 5.41 Å². The Morgan fingerprint density at radius 2 is 1.25 bits per heavy atom. The first-order valence-electron chi connectivity index (χ1n) is 8.46. The van der Waals surface area contributed by atoms with Gasteiger partial charge in [-0.05, 0) is 37.5 Å². The standard InChI is InChI=1S/C17H34O3/c1-4-7-11-17(12-8-5-2,13-9-6-3)14-10-15-20-16(18)19/h4-15H2,1-3H3,(H,18,19). The molecule has 1 N–H and O–H groups in total. The van der Waals surface area contributed by atoms with Crippen molar-refractivity contribution in [2.75, 3.05) is 6.61 Å². The number of carbonyl (C=O) groups is 1. The quantitative estimate of drug-likeness (QED) is 0.333. The van der Waals surface area contributed by atoms with Crippen LogP contribution in [0.1, 0.15) is 91.4 Å². The summed E-state index contributed by atoms with van der Waals surface area (Å²) >= 11 is 0. The number of rotatable bonds is 13. The maximum absolute atomic E-state index is 10.4. The van der Waals surface area contributed by atoms with Gasteiger partial charge in [0, 0.05) is 0 Å². The van der Waals surface area contributed by atoms with E-state index in [1.807, 2.05) is 0 Å². The molecule has 0 fully saturated rings. The SMILES string of the molecule is CCCCC(CCCC)(CCCC)CCCOC(=O)O. The highest BCUT2D eigenvalue weighted by atomic mass is 16.7. The van der Waals surface area contributed by atoms with Gasteiger partial charge in [-0.15, -0.1) is 0 Å². The lowest BCUT2D eigenvalue weighted by Gasteiger charge is -2.34. The highest BCUT2D eigenvalue weighted by Crippen LogP contribution is 2.40. The molecule has 0 radical (unpaired) electrons. The molecule has 0 aromatic heterocycles. The van der Waals surface area contributed by atoms with Crippen LogP contribution < -0.4 is 0 Å². The molecule has 0 aliphatic rings. The number of hydrogen-bond donors (Lipinski definition) is 1. The predicted octanol–water partition coefficient (Wildman–Crippen LogP) is 6.02. The zero-order valence-corrected chi connectivity index (χ0v) is 13.7. The van der Waals surface area contributed by atoms with Gasteiger partial charge in [0.25, 0.3) is 0 Å². The fraction of sp³-hybridized carbons (Fsp3) is 0.941. The lowest BCUT2D eigenvalue weighted by molar-refractivity contribution is 0.0818. The van der Waals surface area contributed by atoms with Gasteiger partial charge in [-0.2, -0.15) is 0 Å². The Balaban J connectivity index is 4.44. The van der Waals surface area contributed by atoms with Crippen LogP contribution in [0.5, 0.6) is 0 Å². The summed E-state index contributed by atoms with van der Waals surface area (Å²) in [6.07, 6.45) is 12.3. The van der Waals surface area contributed by atoms with Gasteiger partial charge in [0.15, 0.2) is 0 Å². The predicted molar refractivity (Wildman–Crippen MR) is 84.2 cm³/mol. The minimum absolute atomic E-state index is 0.349. The van der Waals surface area contributed by atoms with Gasteiger partial charge in [0.1, 0.15) is 0 Å². The zero-order chi connectivity index (χ0) is 15.3. The molecule has 0 spiro atoms. The summed E-state index contributed by atoms with van der Waals surface area (Å²) in [5.74, 6) is 0. The van der Waals surface area contributed by atoms with Crippen LogP contribution in [0.25, 0.3) is 0 Å². The summed E-state index contributed by atoms with van der Waals surface area (Å²) in [6, 6.07) is 0. The monoisotopic (exact) mass is 286 g/mol. The Labute approximate surface area is 125 Å². The minimum atomic E-state index is -1.15. The Hall–Kier alpha value is -0.730. The van der Waals surface area contributed by atoms with Crippen molar-refractivity contribution >= 4 is 6.16 Å². The van der Waals surface area contributed by atoms with Crippen LogP contribution in [-0.4, -0.2) is 17.9 Å². The molecule has 0 atom stereocenters. The van der Waals surface area contributed by atoms with Crippen molar-refractivity contribution < 1.29 is 14.6 Å². The molecule has 0 rings (SSSR count). The van der Waals surface area contributed by atoms with Crippen molar-refractivity contribution in [3.8, 4) is 0 Å². The summed E-state index contributed by atoms with van der Waals surface area (Å²) in [5.41, 5.74) is 0.421. The Bertz CT molecular complexity index is 217. The Kier molecular flexibility index (Phi) is 11.6. The summed E-state index contributed by atoms with van der Waals surface area (Å²) in [7, 11) is 0. The molecule has 0 aliphatic heterocycles. The van der Waals surface area contributed by atoms with E-state index in [9.17, 15) is 4.79 Å². The molecule has 0 bridgehead atoms. The zero-order valence-electron chi connectivity index (χ0n) is 13.7. The lowest BCUT2D eigenvalue weighted by atomic mass is 9.71. The van der Waals surface area contributed by atoms with E-state index in [0.29, 0.717) is 12.0 Å². The Morgan fingerprint density at radius 1 is 0.850 bits per heavy atom. The molecule has 120 valence electrons. The minimum Gasteiger partial charge on any atom is -0.450 e. The smallest absolute Gasteiger partial charge is 0.450 e. The fourth-order valence-corrected chi connectivity index (χ4v) is 3.01. The van der Waals surface area contributed by atoms with Gasteiger partial charge in [0.2, 0.25) is 0 Å². The third-order valence-electron chi connectivity index (χ3n) is 4.26. The summed E-state index contributed by atoms with van der Waals surface area (Å²) in [4.78, 5) is 10.4. The molecular formula is C17H34O3. The number of hydrogen-bond acceptors (Lipinski definition) is 2. The molecule has 3 heteroatoms. The van der Waals surface area contributed by atoms with E-state index in [-0.39, 0.29) is 0 Å². The molecule has 0 aromatic rings. The first-order chi connectivity index (χ1) is 9.60. The maximum Gasteiger partial charge on any atom is 0.505 e. The van der Waals surface area contributed by atoms with E-state index in [4.69, 9.17) is 5.11 Å². The topological polar surface area (TPSA) is 46.5 Å². The van der Waals surface area contributed by atoms with Crippen LogP contribution in [-0.2, 0) is 4.74 Å². The van der Waals surface area contributed by atoms with Crippen molar-refractivity contribution in [1.29, 1.82) is 0 Å². The van der Waals surface area contributed by atoms with Gasteiger partial charge in [-0.1, -0.05) is 59.3 Å². The average molecular weight is 286 g/mol. The van der Waals surface area contributed by atoms with Crippen LogP contribution in [0.2, 0.25) is 0 Å². The van der Waals surface area contributed by atoms with Crippen LogP contribution in [0.4, 0.5) is 4.79 Å². The van der Waals surface area contributed by atoms with Gasteiger partial charge in [-0.25, -0.2) is 4.79 Å². The molecule has 0 aromatic carbocycles. The second-order valence-electron chi connectivity index (χ2n) is 6.03. The van der Waals surface area contributed by atoms with Crippen molar-refractivity contribution in [3.63, 3.8) is 0 Å². The van der Waals surface area contributed by atoms with E-state index in [1.165, 1.54) is 57.8 Å². The van der Waals surface area contributed by atoms with Gasteiger partial charge >= 0.3 is 6.16 Å². The molecule has 0 aliphatic carbocycles. The highest BCUT2D eigenvalue weighted by Gasteiger charge is 2.27. The van der Waals surface area contributed by atoms with Crippen molar-refractivity contribution in [3.05, 3.63) is 0 Å². The highest BCUT2D eigenvalue weighted by molar-refractivity contribution is 5.56. The number of unbranched alkanes of at least 4 members (excludes halogenated alkanes) is 3. The molecule has 0 unspecified atom stereocenters. The second kappa shape index (κ2) is 12.0. The molecule has 20 heavy (non-hydrogen) atoms. The largest absolute Gasteiger partial charge is 0.505 e. The van der Waals surface area contributed by atoms with Gasteiger partial charge in [0.05, 0.1) is 6.61 Å². The molecule has 0 amide bonds. The van der Waals surface area contributed by atoms with Crippen molar-refractivity contribution in [2.45, 2.75) is 91.4 Å². The van der Waals surface area contributed by atoms with E-state index in [0.717, 1.165) is 12.8 Å². The summed E-state index contributed by atoms with van der Waals surface area (Å²) in [6.45, 7) is 7.09. The van der Waals surface area contributed by atoms with Gasteiger partial charge in [-0.3, -0.25) is 0 Å². The molecule has 0 heterocycles. The third kappa shape index (κ3) is 9.22. The summed E-state index contributed by atoms with van der Waals surface area (Å²) in [5, 5.41) is 8.54. The molecule has 0 saturated carbocycles. The van der Waals surface area contributed by atoms with E-state index in [1.54, 1.807) is 0 Å². The van der Waals surface area contributed by atoms with Crippen molar-refractivity contribution in [1.82, 2.24) is 0 Å². The Morgan fingerprint density at radius 3 is 1.60 bits per heavy atom. The first-order valence-corrected chi connectivity index (χ1v) is 8.46. The second-order valence-corrected chi connectivity index (χ2v) is 6.03. The van der Waals surface area contributed by atoms with Crippen LogP contribution >= 0.6 is 0 Å². The molecular weight excluding hydrogens is 252 g/mol. The van der Waals surface area contributed by atoms with E-state index in [2.05, 4.69) is 25.5 Å². The molecule has 3 nitrogen and oxygen atoms in total. The van der Waals surface area contributed by atoms with Gasteiger partial charge < -0.3 is 9.84 Å². The van der Waals surface area contributed by atoms with Crippen LogP contribution in [0.15, 0.2) is 0 Å². The van der Waals surface area contributed by atoms with E-state index >= 15 is 0 Å². The van der Waals surface area contributed by atoms with E-state index < -0.39 is 6.16 Å². The summed E-state index contributed by atoms with van der Waals surface area (Å²) < 4.78 is 4.67. The van der Waals surface area contributed by atoms with Crippen LogP contribution in [0.3, 0.4) is 0 Å². The number of carboxylic acid groups (broad SMARTS) is 1. The number of ether oxygens (including phenoxy) is 1.